The summed E-state index contributed by atoms with van der Waals surface area (Å²) in [5, 5.41) is 0.674. The number of amides is 1. The Labute approximate surface area is 124 Å². The lowest BCUT2D eigenvalue weighted by molar-refractivity contribution is -0.133. The van der Waals surface area contributed by atoms with E-state index in [1.165, 1.54) is 25.7 Å². The Hall–Kier alpha value is -1.22. The van der Waals surface area contributed by atoms with E-state index < -0.39 is 0 Å². The van der Waals surface area contributed by atoms with Crippen LogP contribution in [0.1, 0.15) is 25.7 Å². The minimum absolute atomic E-state index is 0.110. The molecule has 4 heteroatoms. The lowest BCUT2D eigenvalue weighted by Crippen LogP contribution is -2.38. The van der Waals surface area contributed by atoms with E-state index in [1.807, 2.05) is 4.90 Å². The molecule has 0 spiro atoms. The molecule has 1 amide bonds. The molecule has 108 valence electrons. The van der Waals surface area contributed by atoms with Gasteiger partial charge in [0.25, 0.3) is 5.91 Å². The third-order valence-corrected chi connectivity index (χ3v) is 4.70. The maximum absolute atomic E-state index is 12.3. The van der Waals surface area contributed by atoms with Crippen LogP contribution in [-0.2, 0) is 4.79 Å². The summed E-state index contributed by atoms with van der Waals surface area (Å²) in [4.78, 5) is 14.3. The molecule has 1 aromatic carbocycles. The van der Waals surface area contributed by atoms with Crippen LogP contribution < -0.4 is 4.74 Å². The van der Waals surface area contributed by atoms with Crippen LogP contribution in [0.3, 0.4) is 0 Å². The van der Waals surface area contributed by atoms with Crippen molar-refractivity contribution in [2.75, 3.05) is 19.7 Å². The lowest BCUT2D eigenvalue weighted by Gasteiger charge is -2.22. The van der Waals surface area contributed by atoms with Crippen molar-refractivity contribution < 1.29 is 9.53 Å². The van der Waals surface area contributed by atoms with Crippen LogP contribution in [-0.4, -0.2) is 30.5 Å². The molecular weight excluding hydrogens is 274 g/mol. The average molecular weight is 294 g/mol. The minimum atomic E-state index is 0.110. The van der Waals surface area contributed by atoms with E-state index in [9.17, 15) is 4.79 Å². The van der Waals surface area contributed by atoms with Gasteiger partial charge in [0.2, 0.25) is 0 Å². The van der Waals surface area contributed by atoms with Crippen LogP contribution in [0.2, 0.25) is 5.02 Å². The third-order valence-electron chi connectivity index (χ3n) is 4.45. The number of carbonyl (C=O) groups is 1. The van der Waals surface area contributed by atoms with Crippen LogP contribution >= 0.6 is 11.6 Å². The predicted molar refractivity (Wildman–Crippen MR) is 79.0 cm³/mol. The molecule has 4 rings (SSSR count). The number of nitrogens with zero attached hydrogens (tertiary/aromatic N) is 1. The van der Waals surface area contributed by atoms with Crippen LogP contribution in [0, 0.1) is 11.8 Å². The normalized spacial score (nSPS) is 25.4. The molecule has 2 saturated heterocycles. The summed E-state index contributed by atoms with van der Waals surface area (Å²) >= 11 is 5.82. The van der Waals surface area contributed by atoms with Crippen molar-refractivity contribution in [2.45, 2.75) is 25.7 Å². The van der Waals surface area contributed by atoms with Crippen LogP contribution in [0.4, 0.5) is 0 Å². The van der Waals surface area contributed by atoms with E-state index in [0.717, 1.165) is 13.1 Å². The molecule has 0 radical (unpaired) electrons. The van der Waals surface area contributed by atoms with Gasteiger partial charge in [-0.3, -0.25) is 4.79 Å². The van der Waals surface area contributed by atoms with Crippen molar-refractivity contribution in [3.8, 4) is 5.75 Å². The van der Waals surface area contributed by atoms with Gasteiger partial charge in [0.1, 0.15) is 5.75 Å². The molecule has 2 bridgehead atoms. The maximum atomic E-state index is 12.3. The quantitative estimate of drug-likeness (QED) is 0.855. The summed E-state index contributed by atoms with van der Waals surface area (Å²) in [7, 11) is 0. The van der Waals surface area contributed by atoms with Crippen molar-refractivity contribution in [3.05, 3.63) is 29.3 Å². The summed E-state index contributed by atoms with van der Waals surface area (Å²) < 4.78 is 5.56. The number of benzene rings is 1. The molecule has 2 heterocycles. The van der Waals surface area contributed by atoms with Crippen LogP contribution in [0.25, 0.3) is 0 Å². The molecule has 1 aromatic rings. The van der Waals surface area contributed by atoms with Gasteiger partial charge in [-0.25, -0.2) is 0 Å². The van der Waals surface area contributed by atoms with Crippen molar-refractivity contribution in [1.29, 1.82) is 0 Å². The highest BCUT2D eigenvalue weighted by Gasteiger charge is 2.31. The van der Waals surface area contributed by atoms with E-state index in [-0.39, 0.29) is 12.5 Å². The zero-order chi connectivity index (χ0) is 13.9. The van der Waals surface area contributed by atoms with Gasteiger partial charge in [0, 0.05) is 18.1 Å². The van der Waals surface area contributed by atoms with Crippen molar-refractivity contribution >= 4 is 17.5 Å². The summed E-state index contributed by atoms with van der Waals surface area (Å²) in [5.74, 6) is 2.21. The molecule has 1 saturated carbocycles. The summed E-state index contributed by atoms with van der Waals surface area (Å²) in [6, 6.07) is 7.13. The smallest absolute Gasteiger partial charge is 0.260 e. The van der Waals surface area contributed by atoms with Gasteiger partial charge in [0.15, 0.2) is 6.61 Å². The van der Waals surface area contributed by atoms with E-state index in [1.54, 1.807) is 24.3 Å². The Morgan fingerprint density at radius 1 is 1.10 bits per heavy atom. The number of rotatable bonds is 3. The lowest BCUT2D eigenvalue weighted by atomic mass is 9.84. The molecule has 1 aliphatic carbocycles. The van der Waals surface area contributed by atoms with Crippen molar-refractivity contribution in [1.82, 2.24) is 4.90 Å². The Morgan fingerprint density at radius 2 is 1.65 bits per heavy atom. The Bertz CT molecular complexity index is 452. The predicted octanol–water partition coefficient (Wildman–Crippen LogP) is 3.37. The maximum Gasteiger partial charge on any atom is 0.260 e. The monoisotopic (exact) mass is 293 g/mol. The average Bonchev–Trinajstić information content (AvgIpc) is 2.80. The van der Waals surface area contributed by atoms with Gasteiger partial charge in [-0.2, -0.15) is 0 Å². The number of carbonyl (C=O) groups excluding carboxylic acids is 1. The minimum Gasteiger partial charge on any atom is -0.484 e. The molecule has 3 nitrogen and oxygen atoms in total. The number of ether oxygens (including phenoxy) is 1. The Kier molecular flexibility index (Phi) is 4.16. The number of fused-ring (bicyclic) bond motifs is 4. The number of hydrogen-bond donors (Lipinski definition) is 0. The second-order valence-electron chi connectivity index (χ2n) is 5.93. The van der Waals surface area contributed by atoms with Gasteiger partial charge in [-0.1, -0.05) is 11.6 Å². The van der Waals surface area contributed by atoms with Gasteiger partial charge in [-0.05, 0) is 61.8 Å². The molecule has 0 aromatic heterocycles. The molecular formula is C16H20ClNO2. The summed E-state index contributed by atoms with van der Waals surface area (Å²) in [6.07, 6.45) is 5.14. The van der Waals surface area contributed by atoms with Crippen molar-refractivity contribution in [3.63, 3.8) is 0 Å². The molecule has 0 unspecified atom stereocenters. The first kappa shape index (κ1) is 13.7. The first-order chi connectivity index (χ1) is 9.70. The second kappa shape index (κ2) is 6.04. The van der Waals surface area contributed by atoms with E-state index in [4.69, 9.17) is 16.3 Å². The summed E-state index contributed by atoms with van der Waals surface area (Å²) in [5.41, 5.74) is 0. The SMILES string of the molecule is O=C(COc1ccc(Cl)cc1)N1CC2CCC(CC2)C1. The Morgan fingerprint density at radius 3 is 2.20 bits per heavy atom. The fourth-order valence-electron chi connectivity index (χ4n) is 3.27. The highest BCUT2D eigenvalue weighted by atomic mass is 35.5. The molecule has 20 heavy (non-hydrogen) atoms. The summed E-state index contributed by atoms with van der Waals surface area (Å²) in [6.45, 7) is 1.96. The van der Waals surface area contributed by atoms with E-state index >= 15 is 0 Å². The van der Waals surface area contributed by atoms with E-state index in [0.29, 0.717) is 22.6 Å². The highest BCUT2D eigenvalue weighted by molar-refractivity contribution is 6.30. The number of hydrogen-bond acceptors (Lipinski definition) is 2. The first-order valence-corrected chi connectivity index (χ1v) is 7.74. The zero-order valence-electron chi connectivity index (χ0n) is 11.6. The Balaban J connectivity index is 1.55. The van der Waals surface area contributed by atoms with Crippen LogP contribution in [0.15, 0.2) is 24.3 Å². The van der Waals surface area contributed by atoms with Gasteiger partial charge in [0.05, 0.1) is 0 Å². The third kappa shape index (κ3) is 3.26. The molecule has 0 atom stereocenters. The van der Waals surface area contributed by atoms with Gasteiger partial charge >= 0.3 is 0 Å². The van der Waals surface area contributed by atoms with Gasteiger partial charge < -0.3 is 9.64 Å². The molecule has 3 fully saturated rings. The standard InChI is InChI=1S/C16H20ClNO2/c17-14-5-7-15(8-6-14)20-11-16(19)18-9-12-1-2-13(10-18)4-3-12/h5-8,12-13H,1-4,9-11H2. The largest absolute Gasteiger partial charge is 0.484 e. The molecule has 0 N–H and O–H groups in total. The second-order valence-corrected chi connectivity index (χ2v) is 6.36. The van der Waals surface area contributed by atoms with Crippen molar-refractivity contribution in [2.24, 2.45) is 11.8 Å². The number of halogens is 1. The molecule has 2 aliphatic heterocycles. The van der Waals surface area contributed by atoms with Gasteiger partial charge in [-0.15, -0.1) is 0 Å². The zero-order valence-corrected chi connectivity index (χ0v) is 12.3. The van der Waals surface area contributed by atoms with E-state index in [2.05, 4.69) is 0 Å². The fourth-order valence-corrected chi connectivity index (χ4v) is 3.39. The first-order valence-electron chi connectivity index (χ1n) is 7.37. The highest BCUT2D eigenvalue weighted by Crippen LogP contribution is 2.33. The van der Waals surface area contributed by atoms with Crippen LogP contribution in [0.5, 0.6) is 5.75 Å². The molecule has 3 aliphatic rings. The topological polar surface area (TPSA) is 29.5 Å². The fraction of sp³-hybridized carbons (Fsp3) is 0.562.